The van der Waals surface area contributed by atoms with E-state index in [1.807, 2.05) is 85.8 Å². The maximum atomic E-state index is 15.3. The van der Waals surface area contributed by atoms with E-state index in [4.69, 9.17) is 9.47 Å². The maximum Gasteiger partial charge on any atom is 0.269 e. The average Bonchev–Trinajstić information content (AvgIpc) is 3.64. The van der Waals surface area contributed by atoms with Crippen molar-refractivity contribution in [1.29, 1.82) is 0 Å². The van der Waals surface area contributed by atoms with Crippen LogP contribution in [0.25, 0.3) is 0 Å². The van der Waals surface area contributed by atoms with Crippen molar-refractivity contribution in [3.05, 3.63) is 124 Å². The zero-order valence-electron chi connectivity index (χ0n) is 32.9. The first-order valence-electron chi connectivity index (χ1n) is 19.6. The van der Waals surface area contributed by atoms with Crippen LogP contribution in [0.1, 0.15) is 49.3 Å². The standard InChI is InChI=1S/C44H50N4O8Si/c1-30-42(57(3,4)36-20-18-35(55-2)19-21-36)39(27-41(51)45(24-25-49)28-31-10-6-5-7-11-31)56-44(30)37-26-34(48(53)54)17-22-38(37)47(43(44)52)29-32-13-15-33(16-14-32)46-23-9-8-12-40(46)50/h5-7,10-11,13-22,26,30,39,42,49H,8-9,12,23-25,27-29H2,1-4H3/t30-,39+,42-,44+/m0/s1. The van der Waals surface area contributed by atoms with E-state index in [2.05, 4.69) is 13.1 Å². The first-order chi connectivity index (χ1) is 27.4. The number of carbonyl (C=O) groups excluding carboxylic acids is 3. The summed E-state index contributed by atoms with van der Waals surface area (Å²) >= 11 is 0. The predicted molar refractivity (Wildman–Crippen MR) is 220 cm³/mol. The molecule has 0 radical (unpaired) electrons. The number of aliphatic hydroxyl groups excluding tert-OH is 1. The summed E-state index contributed by atoms with van der Waals surface area (Å²) in [5.41, 5.74) is 1.41. The molecule has 0 unspecified atom stereocenters. The number of hydrogen-bond donors (Lipinski definition) is 1. The molecule has 12 nitrogen and oxygen atoms in total. The first kappa shape index (κ1) is 39.8. The number of fused-ring (bicyclic) bond motifs is 2. The lowest BCUT2D eigenvalue weighted by Crippen LogP contribution is -2.52. The monoisotopic (exact) mass is 790 g/mol. The molecule has 3 amide bonds. The number of nitro benzene ring substituents is 1. The van der Waals surface area contributed by atoms with Gasteiger partial charge in [0.15, 0.2) is 5.60 Å². The fourth-order valence-corrected chi connectivity index (χ4v) is 13.3. The van der Waals surface area contributed by atoms with Crippen LogP contribution in [-0.4, -0.2) is 73.6 Å². The number of amides is 3. The smallest absolute Gasteiger partial charge is 0.269 e. The number of methoxy groups -OCH3 is 1. The van der Waals surface area contributed by atoms with Crippen molar-refractivity contribution in [3.63, 3.8) is 0 Å². The van der Waals surface area contributed by atoms with Gasteiger partial charge in [-0.25, -0.2) is 0 Å². The Labute approximate surface area is 334 Å². The second-order valence-electron chi connectivity index (χ2n) is 15.9. The highest BCUT2D eigenvalue weighted by molar-refractivity contribution is 6.91. The molecule has 4 atom stereocenters. The topological polar surface area (TPSA) is 143 Å². The number of hydrogen-bond acceptors (Lipinski definition) is 8. The van der Waals surface area contributed by atoms with Gasteiger partial charge in [0.1, 0.15) is 5.75 Å². The SMILES string of the molecule is COc1ccc([Si](C)(C)[C@@H]2[C@@H](CC(=O)N(CCO)Cc3ccccc3)O[C@]3(C(=O)N(Cc4ccc(N5CCCCC5=O)cc4)c4ccc([N+](=O)[O-])cc43)[C@H]2C)cc1. The molecule has 0 saturated carbocycles. The number of nitrogens with zero attached hydrogens (tertiary/aromatic N) is 4. The quantitative estimate of drug-likeness (QED) is 0.0946. The van der Waals surface area contributed by atoms with Crippen LogP contribution in [-0.2, 0) is 37.8 Å². The Bertz CT molecular complexity index is 2130. The highest BCUT2D eigenvalue weighted by Gasteiger charge is 2.66. The molecule has 0 aromatic heterocycles. The van der Waals surface area contributed by atoms with Gasteiger partial charge >= 0.3 is 0 Å². The van der Waals surface area contributed by atoms with Crippen LogP contribution >= 0.6 is 0 Å². The lowest BCUT2D eigenvalue weighted by atomic mass is 9.82. The molecule has 2 fully saturated rings. The van der Waals surface area contributed by atoms with E-state index in [0.29, 0.717) is 36.5 Å². The second kappa shape index (κ2) is 16.2. The van der Waals surface area contributed by atoms with Crippen molar-refractivity contribution in [3.8, 4) is 5.75 Å². The van der Waals surface area contributed by atoms with E-state index < -0.39 is 30.6 Å². The third kappa shape index (κ3) is 7.47. The summed E-state index contributed by atoms with van der Waals surface area (Å²) in [4.78, 5) is 59.1. The Kier molecular flexibility index (Phi) is 11.4. The van der Waals surface area contributed by atoms with Gasteiger partial charge in [0.05, 0.1) is 51.5 Å². The fourth-order valence-electron chi connectivity index (χ4n) is 9.33. The van der Waals surface area contributed by atoms with Crippen molar-refractivity contribution < 1.29 is 33.9 Å². The molecule has 1 N–H and O–H groups in total. The normalized spacial score (nSPS) is 21.9. The average molecular weight is 791 g/mol. The maximum absolute atomic E-state index is 15.3. The molecular weight excluding hydrogens is 741 g/mol. The van der Waals surface area contributed by atoms with Crippen LogP contribution in [0.3, 0.4) is 0 Å². The van der Waals surface area contributed by atoms with Crippen LogP contribution in [0.2, 0.25) is 18.6 Å². The Morgan fingerprint density at radius 2 is 1.72 bits per heavy atom. The minimum Gasteiger partial charge on any atom is -0.497 e. The van der Waals surface area contributed by atoms with Gasteiger partial charge in [0.25, 0.3) is 11.6 Å². The zero-order valence-corrected chi connectivity index (χ0v) is 33.9. The van der Waals surface area contributed by atoms with Crippen LogP contribution in [0.4, 0.5) is 17.1 Å². The molecule has 13 heteroatoms. The molecule has 7 rings (SSSR count). The Morgan fingerprint density at radius 3 is 2.37 bits per heavy atom. The molecule has 2 saturated heterocycles. The predicted octanol–water partition coefficient (Wildman–Crippen LogP) is 6.29. The van der Waals surface area contributed by atoms with E-state index in [0.717, 1.165) is 34.8 Å². The van der Waals surface area contributed by atoms with Crippen molar-refractivity contribution in [2.24, 2.45) is 5.92 Å². The molecule has 4 aromatic carbocycles. The van der Waals surface area contributed by atoms with Crippen LogP contribution in [0.5, 0.6) is 5.75 Å². The molecule has 57 heavy (non-hydrogen) atoms. The van der Waals surface area contributed by atoms with Crippen LogP contribution in [0, 0.1) is 16.0 Å². The Morgan fingerprint density at radius 1 is 1.00 bits per heavy atom. The van der Waals surface area contributed by atoms with E-state index in [9.17, 15) is 24.8 Å². The van der Waals surface area contributed by atoms with Gasteiger partial charge in [0, 0.05) is 55.4 Å². The highest BCUT2D eigenvalue weighted by atomic mass is 28.3. The summed E-state index contributed by atoms with van der Waals surface area (Å²) in [5.74, 6) is -0.249. The van der Waals surface area contributed by atoms with Crippen molar-refractivity contribution >= 4 is 48.0 Å². The molecule has 4 aromatic rings. The lowest BCUT2D eigenvalue weighted by Gasteiger charge is -2.37. The van der Waals surface area contributed by atoms with E-state index in [-0.39, 0.29) is 55.1 Å². The van der Waals surface area contributed by atoms with Crippen molar-refractivity contribution in [2.45, 2.75) is 76.0 Å². The largest absolute Gasteiger partial charge is 0.497 e. The molecule has 3 aliphatic heterocycles. The van der Waals surface area contributed by atoms with E-state index >= 15 is 4.79 Å². The number of non-ortho nitro benzene ring substituents is 1. The summed E-state index contributed by atoms with van der Waals surface area (Å²) in [7, 11) is -1.03. The minimum atomic E-state index is -2.64. The minimum absolute atomic E-state index is 0.0512. The Hall–Kier alpha value is -5.37. The first-order valence-corrected chi connectivity index (χ1v) is 22.7. The molecule has 1 spiro atoms. The molecule has 3 aliphatic rings. The summed E-state index contributed by atoms with van der Waals surface area (Å²) in [6.45, 7) is 7.44. The number of carbonyl (C=O) groups is 3. The van der Waals surface area contributed by atoms with E-state index in [1.54, 1.807) is 27.9 Å². The van der Waals surface area contributed by atoms with Gasteiger partial charge in [0.2, 0.25) is 11.8 Å². The fraction of sp³-hybridized carbons (Fsp3) is 0.386. The number of benzene rings is 4. The third-order valence-electron chi connectivity index (χ3n) is 12.3. The lowest BCUT2D eigenvalue weighted by molar-refractivity contribution is -0.385. The van der Waals surface area contributed by atoms with E-state index in [1.165, 1.54) is 12.1 Å². The van der Waals surface area contributed by atoms with Gasteiger partial charge < -0.3 is 29.3 Å². The number of piperidine rings is 1. The van der Waals surface area contributed by atoms with Gasteiger partial charge in [-0.05, 0) is 59.8 Å². The number of anilines is 2. The number of ether oxygens (including phenoxy) is 2. The van der Waals surface area contributed by atoms with Crippen molar-refractivity contribution in [2.75, 3.05) is 36.6 Å². The van der Waals surface area contributed by atoms with Crippen molar-refractivity contribution in [1.82, 2.24) is 4.90 Å². The third-order valence-corrected chi connectivity index (χ3v) is 16.6. The summed E-state index contributed by atoms with van der Waals surface area (Å²) in [6, 6.07) is 29.6. The number of rotatable bonds is 13. The van der Waals surface area contributed by atoms with Crippen LogP contribution < -0.4 is 19.7 Å². The Balaban J connectivity index is 1.28. The molecule has 0 aliphatic carbocycles. The summed E-state index contributed by atoms with van der Waals surface area (Å²) in [5, 5.41) is 23.3. The highest BCUT2D eigenvalue weighted by Crippen LogP contribution is 2.60. The van der Waals surface area contributed by atoms with Crippen LogP contribution in [0.15, 0.2) is 97.1 Å². The zero-order chi connectivity index (χ0) is 40.5. The van der Waals surface area contributed by atoms with Gasteiger partial charge in [-0.2, -0.15) is 0 Å². The number of aliphatic hydroxyl groups is 1. The molecular formula is C44H50N4O8Si. The molecule has 0 bridgehead atoms. The van der Waals surface area contributed by atoms with Gasteiger partial charge in [-0.1, -0.05) is 79.8 Å². The van der Waals surface area contributed by atoms with Gasteiger partial charge in [-0.15, -0.1) is 0 Å². The molecule has 3 heterocycles. The van der Waals surface area contributed by atoms with Gasteiger partial charge in [-0.3, -0.25) is 24.5 Å². The second-order valence-corrected chi connectivity index (χ2v) is 20.6. The molecule has 298 valence electrons. The summed E-state index contributed by atoms with van der Waals surface area (Å²) in [6.07, 6.45) is 1.56. The number of nitro groups is 1. The summed E-state index contributed by atoms with van der Waals surface area (Å²) < 4.78 is 12.6.